The summed E-state index contributed by atoms with van der Waals surface area (Å²) < 4.78 is 4.67. The van der Waals surface area contributed by atoms with Crippen molar-refractivity contribution in [3.63, 3.8) is 0 Å². The Balaban J connectivity index is 2.57. The van der Waals surface area contributed by atoms with Gasteiger partial charge in [-0.3, -0.25) is 10.1 Å². The molecule has 0 heterocycles. The predicted molar refractivity (Wildman–Crippen MR) is 79.1 cm³/mol. The van der Waals surface area contributed by atoms with E-state index in [1.807, 2.05) is 6.07 Å². The molecule has 0 fully saturated rings. The molecule has 0 radical (unpaired) electrons. The molecule has 0 aliphatic rings. The number of nitro groups is 1. The normalized spacial score (nSPS) is 11.0. The molecule has 0 amide bonds. The average Bonchev–Trinajstić information content (AvgIpc) is 2.52. The Kier molecular flexibility index (Phi) is 4.46. The van der Waals surface area contributed by atoms with E-state index in [4.69, 9.17) is 0 Å². The number of hydrogen-bond acceptors (Lipinski definition) is 4. The van der Waals surface area contributed by atoms with Gasteiger partial charge in [0.05, 0.1) is 23.2 Å². The monoisotopic (exact) mass is 283 g/mol. The van der Waals surface area contributed by atoms with E-state index >= 15 is 0 Å². The zero-order valence-corrected chi connectivity index (χ0v) is 11.4. The van der Waals surface area contributed by atoms with E-state index < -0.39 is 10.9 Å². The van der Waals surface area contributed by atoms with Gasteiger partial charge < -0.3 is 4.74 Å². The number of ether oxygens (including phenoxy) is 1. The average molecular weight is 283 g/mol. The lowest BCUT2D eigenvalue weighted by Crippen LogP contribution is -2.08. The Bertz CT molecular complexity index is 692. The number of esters is 1. The highest BCUT2D eigenvalue weighted by Crippen LogP contribution is 2.23. The molecule has 106 valence electrons. The molecule has 5 heteroatoms. The molecule has 0 aromatic heterocycles. The first kappa shape index (κ1) is 14.5. The van der Waals surface area contributed by atoms with Crippen molar-refractivity contribution in [2.75, 3.05) is 7.11 Å². The van der Waals surface area contributed by atoms with E-state index in [1.165, 1.54) is 25.3 Å². The molecule has 0 saturated heterocycles. The van der Waals surface area contributed by atoms with Crippen molar-refractivity contribution >= 4 is 17.7 Å². The highest BCUT2D eigenvalue weighted by molar-refractivity contribution is 5.96. The number of rotatable bonds is 4. The van der Waals surface area contributed by atoms with E-state index in [-0.39, 0.29) is 16.8 Å². The van der Waals surface area contributed by atoms with Gasteiger partial charge in [0.1, 0.15) is 0 Å². The highest BCUT2D eigenvalue weighted by Gasteiger charge is 2.22. The van der Waals surface area contributed by atoms with Gasteiger partial charge in [0.25, 0.3) is 5.70 Å². The van der Waals surface area contributed by atoms with Crippen LogP contribution < -0.4 is 0 Å². The lowest BCUT2D eigenvalue weighted by atomic mass is 10.0. The maximum Gasteiger partial charge on any atom is 0.338 e. The Morgan fingerprint density at radius 3 is 2.19 bits per heavy atom. The second kappa shape index (κ2) is 6.47. The van der Waals surface area contributed by atoms with Crippen molar-refractivity contribution < 1.29 is 14.5 Å². The maximum absolute atomic E-state index is 11.7. The fraction of sp³-hybridized carbons (Fsp3) is 0.0625. The number of methoxy groups -OCH3 is 1. The summed E-state index contributed by atoms with van der Waals surface area (Å²) in [6.45, 7) is 0. The van der Waals surface area contributed by atoms with Crippen molar-refractivity contribution in [2.24, 2.45) is 0 Å². The minimum Gasteiger partial charge on any atom is -0.465 e. The lowest BCUT2D eigenvalue weighted by molar-refractivity contribution is -0.374. The van der Waals surface area contributed by atoms with Crippen LogP contribution in [-0.4, -0.2) is 18.0 Å². The van der Waals surface area contributed by atoms with Crippen LogP contribution in [0, 0.1) is 10.1 Å². The van der Waals surface area contributed by atoms with Gasteiger partial charge in [-0.2, -0.15) is 0 Å². The standard InChI is InChI=1S/C16H13NO4/c1-21-16(18)14-10-6-5-9-13(14)15(17(19)20)11-12-7-3-2-4-8-12/h2-11H,1H3/b15-11-. The van der Waals surface area contributed by atoms with Gasteiger partial charge in [-0.1, -0.05) is 42.5 Å². The van der Waals surface area contributed by atoms with E-state index in [2.05, 4.69) is 4.74 Å². The van der Waals surface area contributed by atoms with Gasteiger partial charge in [0.2, 0.25) is 0 Å². The van der Waals surface area contributed by atoms with Crippen LogP contribution in [0.1, 0.15) is 21.5 Å². The van der Waals surface area contributed by atoms with E-state index in [1.54, 1.807) is 36.4 Å². The molecule has 0 aliphatic carbocycles. The summed E-state index contributed by atoms with van der Waals surface area (Å²) in [6.07, 6.45) is 1.43. The van der Waals surface area contributed by atoms with Crippen LogP contribution in [0.25, 0.3) is 11.8 Å². The predicted octanol–water partition coefficient (Wildman–Crippen LogP) is 3.25. The topological polar surface area (TPSA) is 69.4 Å². The van der Waals surface area contributed by atoms with Crippen molar-refractivity contribution in [3.05, 3.63) is 81.4 Å². The number of benzene rings is 2. The minimum absolute atomic E-state index is 0.151. The number of carbonyl (C=O) groups is 1. The molecule has 0 unspecified atom stereocenters. The first-order valence-electron chi connectivity index (χ1n) is 6.22. The highest BCUT2D eigenvalue weighted by atomic mass is 16.6. The molecule has 0 atom stereocenters. The Hall–Kier alpha value is -2.95. The summed E-state index contributed by atoms with van der Waals surface area (Å²) in [4.78, 5) is 22.6. The van der Waals surface area contributed by atoms with Gasteiger partial charge >= 0.3 is 5.97 Å². The van der Waals surface area contributed by atoms with Gasteiger partial charge in [-0.05, 0) is 17.7 Å². The van der Waals surface area contributed by atoms with Crippen molar-refractivity contribution in [2.45, 2.75) is 0 Å². The minimum atomic E-state index is -0.605. The third-order valence-corrected chi connectivity index (χ3v) is 2.91. The summed E-state index contributed by atoms with van der Waals surface area (Å²) in [7, 11) is 1.24. The number of nitrogens with zero attached hydrogens (tertiary/aromatic N) is 1. The molecular weight excluding hydrogens is 270 g/mol. The molecule has 21 heavy (non-hydrogen) atoms. The van der Waals surface area contributed by atoms with Gasteiger partial charge in [0.15, 0.2) is 0 Å². The lowest BCUT2D eigenvalue weighted by Gasteiger charge is -2.05. The van der Waals surface area contributed by atoms with E-state index in [0.717, 1.165) is 0 Å². The van der Waals surface area contributed by atoms with E-state index in [0.29, 0.717) is 5.56 Å². The van der Waals surface area contributed by atoms with Crippen LogP contribution in [-0.2, 0) is 4.74 Å². The Morgan fingerprint density at radius 2 is 1.62 bits per heavy atom. The largest absolute Gasteiger partial charge is 0.465 e. The molecular formula is C16H13NO4. The Morgan fingerprint density at radius 1 is 1.05 bits per heavy atom. The molecule has 2 aromatic carbocycles. The molecule has 2 rings (SSSR count). The first-order valence-corrected chi connectivity index (χ1v) is 6.22. The van der Waals surface area contributed by atoms with Crippen LogP contribution in [0.2, 0.25) is 0 Å². The quantitative estimate of drug-likeness (QED) is 0.374. The molecule has 0 aliphatic heterocycles. The van der Waals surface area contributed by atoms with Crippen LogP contribution in [0.4, 0.5) is 0 Å². The molecule has 5 nitrogen and oxygen atoms in total. The first-order chi connectivity index (χ1) is 10.1. The molecule has 2 aromatic rings. The number of hydrogen-bond donors (Lipinski definition) is 0. The third kappa shape index (κ3) is 3.33. The summed E-state index contributed by atoms with van der Waals surface area (Å²) in [6, 6.07) is 15.2. The summed E-state index contributed by atoms with van der Waals surface area (Å²) in [5, 5.41) is 11.4. The van der Waals surface area contributed by atoms with Crippen LogP contribution in [0.15, 0.2) is 54.6 Å². The van der Waals surface area contributed by atoms with Gasteiger partial charge in [0, 0.05) is 6.08 Å². The van der Waals surface area contributed by atoms with Gasteiger partial charge in [-0.25, -0.2) is 4.79 Å². The van der Waals surface area contributed by atoms with Crippen molar-refractivity contribution in [1.82, 2.24) is 0 Å². The summed E-state index contributed by atoms with van der Waals surface area (Å²) >= 11 is 0. The fourth-order valence-electron chi connectivity index (χ4n) is 1.93. The molecule has 0 saturated carbocycles. The molecule has 0 bridgehead atoms. The van der Waals surface area contributed by atoms with Gasteiger partial charge in [-0.15, -0.1) is 0 Å². The third-order valence-electron chi connectivity index (χ3n) is 2.91. The smallest absolute Gasteiger partial charge is 0.338 e. The second-order valence-electron chi connectivity index (χ2n) is 4.23. The van der Waals surface area contributed by atoms with E-state index in [9.17, 15) is 14.9 Å². The summed E-state index contributed by atoms with van der Waals surface area (Å²) in [5.41, 5.74) is 0.933. The van der Waals surface area contributed by atoms with Crippen LogP contribution in [0.3, 0.4) is 0 Å². The number of carbonyl (C=O) groups excluding carboxylic acids is 1. The van der Waals surface area contributed by atoms with Crippen molar-refractivity contribution in [1.29, 1.82) is 0 Å². The molecule has 0 spiro atoms. The maximum atomic E-state index is 11.7. The molecule has 0 N–H and O–H groups in total. The van der Waals surface area contributed by atoms with Crippen LogP contribution >= 0.6 is 0 Å². The van der Waals surface area contributed by atoms with Crippen molar-refractivity contribution in [3.8, 4) is 0 Å². The fourth-order valence-corrected chi connectivity index (χ4v) is 1.93. The van der Waals surface area contributed by atoms with Crippen LogP contribution in [0.5, 0.6) is 0 Å². The second-order valence-corrected chi connectivity index (χ2v) is 4.23. The summed E-state index contributed by atoms with van der Waals surface area (Å²) in [5.74, 6) is -0.605. The zero-order valence-electron chi connectivity index (χ0n) is 11.4. The SMILES string of the molecule is COC(=O)c1ccccc1/C(=C/c1ccccc1)[N+](=O)[O-]. The zero-order chi connectivity index (χ0) is 15.2. The Labute approximate surface area is 121 Å².